The number of nitrogens with zero attached hydrogens (tertiary/aromatic N) is 1. The van der Waals surface area contributed by atoms with E-state index < -0.39 is 0 Å². The van der Waals surface area contributed by atoms with E-state index in [1.54, 1.807) is 11.3 Å². The molecule has 114 valence electrons. The van der Waals surface area contributed by atoms with Gasteiger partial charge in [0.25, 0.3) is 0 Å². The van der Waals surface area contributed by atoms with Gasteiger partial charge in [0, 0.05) is 18.5 Å². The zero-order chi connectivity index (χ0) is 15.2. The lowest BCUT2D eigenvalue weighted by atomic mass is 10.1. The first-order valence-corrected chi connectivity index (χ1v) is 8.62. The monoisotopic (exact) mass is 342 g/mol. The molecule has 2 rings (SSSR count). The summed E-state index contributed by atoms with van der Waals surface area (Å²) >= 11 is 14.0. The van der Waals surface area contributed by atoms with Gasteiger partial charge < -0.3 is 10.2 Å². The van der Waals surface area contributed by atoms with E-state index in [1.165, 1.54) is 10.4 Å². The summed E-state index contributed by atoms with van der Waals surface area (Å²) in [6.45, 7) is 4.82. The second-order valence-corrected chi connectivity index (χ2v) is 7.19. The molecule has 0 bridgehead atoms. The first kappa shape index (κ1) is 16.6. The van der Waals surface area contributed by atoms with Gasteiger partial charge in [-0.1, -0.05) is 42.3 Å². The third-order valence-electron chi connectivity index (χ3n) is 3.22. The smallest absolute Gasteiger partial charge is 0.0931 e. The van der Waals surface area contributed by atoms with Gasteiger partial charge in [-0.2, -0.15) is 0 Å². The van der Waals surface area contributed by atoms with Gasteiger partial charge in [0.2, 0.25) is 0 Å². The maximum atomic E-state index is 6.42. The highest BCUT2D eigenvalue weighted by Gasteiger charge is 2.12. The van der Waals surface area contributed by atoms with E-state index in [0.717, 1.165) is 41.1 Å². The molecule has 5 heteroatoms. The quantitative estimate of drug-likeness (QED) is 0.696. The molecule has 2 aromatic rings. The van der Waals surface area contributed by atoms with Crippen molar-refractivity contribution in [2.45, 2.75) is 26.4 Å². The van der Waals surface area contributed by atoms with Crippen molar-refractivity contribution in [1.82, 2.24) is 5.32 Å². The van der Waals surface area contributed by atoms with Crippen molar-refractivity contribution in [3.63, 3.8) is 0 Å². The molecule has 0 aliphatic carbocycles. The Hall–Kier alpha value is -0.740. The van der Waals surface area contributed by atoms with Gasteiger partial charge in [-0.05, 0) is 36.7 Å². The van der Waals surface area contributed by atoms with Crippen molar-refractivity contribution in [2.24, 2.45) is 0 Å². The minimum Gasteiger partial charge on any atom is -0.368 e. The summed E-state index contributed by atoms with van der Waals surface area (Å²) in [6.07, 6.45) is 1.12. The number of para-hydroxylation sites is 1. The summed E-state index contributed by atoms with van der Waals surface area (Å²) in [5.74, 6) is 0. The molecule has 0 saturated carbocycles. The summed E-state index contributed by atoms with van der Waals surface area (Å²) < 4.78 is 0.822. The highest BCUT2D eigenvalue weighted by molar-refractivity contribution is 7.16. The van der Waals surface area contributed by atoms with Crippen LogP contribution in [0, 0.1) is 0 Å². The van der Waals surface area contributed by atoms with Crippen LogP contribution in [0.15, 0.2) is 30.3 Å². The first-order valence-electron chi connectivity index (χ1n) is 7.05. The molecule has 1 aromatic heterocycles. The number of halogens is 2. The molecule has 0 radical (unpaired) electrons. The van der Waals surface area contributed by atoms with Crippen LogP contribution in [0.25, 0.3) is 0 Å². The Morgan fingerprint density at radius 1 is 1.19 bits per heavy atom. The van der Waals surface area contributed by atoms with E-state index in [4.69, 9.17) is 23.2 Å². The second kappa shape index (κ2) is 8.04. The molecule has 0 aliphatic rings. The first-order chi connectivity index (χ1) is 10.1. The number of rotatable bonds is 7. The molecule has 1 aromatic carbocycles. The van der Waals surface area contributed by atoms with E-state index in [2.05, 4.69) is 36.3 Å². The van der Waals surface area contributed by atoms with Crippen LogP contribution in [0.2, 0.25) is 9.36 Å². The molecule has 1 heterocycles. The van der Waals surface area contributed by atoms with Gasteiger partial charge in [-0.3, -0.25) is 0 Å². The molecule has 0 spiro atoms. The molecular formula is C16H20Cl2N2S. The molecule has 21 heavy (non-hydrogen) atoms. The SMILES string of the molecule is CCCNCc1cccc(Cl)c1N(C)Cc1ccc(Cl)s1. The van der Waals surface area contributed by atoms with E-state index in [1.807, 2.05) is 18.2 Å². The minimum atomic E-state index is 0.788. The van der Waals surface area contributed by atoms with Crippen LogP contribution in [-0.4, -0.2) is 13.6 Å². The summed E-state index contributed by atoms with van der Waals surface area (Å²) in [7, 11) is 2.07. The van der Waals surface area contributed by atoms with Crippen molar-refractivity contribution in [3.8, 4) is 0 Å². The summed E-state index contributed by atoms with van der Waals surface area (Å²) in [5.41, 5.74) is 2.31. The van der Waals surface area contributed by atoms with Gasteiger partial charge in [0.1, 0.15) is 0 Å². The molecular weight excluding hydrogens is 323 g/mol. The molecule has 0 aliphatic heterocycles. The number of hydrogen-bond donors (Lipinski definition) is 1. The normalized spacial score (nSPS) is 10.9. The molecule has 1 N–H and O–H groups in total. The van der Waals surface area contributed by atoms with Crippen LogP contribution < -0.4 is 10.2 Å². The van der Waals surface area contributed by atoms with Gasteiger partial charge in [0.15, 0.2) is 0 Å². The lowest BCUT2D eigenvalue weighted by Gasteiger charge is -2.23. The summed E-state index contributed by atoms with van der Waals surface area (Å²) in [4.78, 5) is 3.42. The Balaban J connectivity index is 2.16. The summed E-state index contributed by atoms with van der Waals surface area (Å²) in [5, 5.41) is 4.23. The van der Waals surface area contributed by atoms with Crippen LogP contribution in [0.3, 0.4) is 0 Å². The molecule has 0 atom stereocenters. The van der Waals surface area contributed by atoms with Crippen LogP contribution in [-0.2, 0) is 13.1 Å². The van der Waals surface area contributed by atoms with Crippen molar-refractivity contribution in [2.75, 3.05) is 18.5 Å². The number of thiophene rings is 1. The Kier molecular flexibility index (Phi) is 6.37. The lowest BCUT2D eigenvalue weighted by Crippen LogP contribution is -2.21. The van der Waals surface area contributed by atoms with Crippen molar-refractivity contribution >= 4 is 40.2 Å². The average molecular weight is 343 g/mol. The number of benzene rings is 1. The predicted molar refractivity (Wildman–Crippen MR) is 94.9 cm³/mol. The Morgan fingerprint density at radius 3 is 2.67 bits per heavy atom. The number of nitrogens with one attached hydrogen (secondary N) is 1. The zero-order valence-corrected chi connectivity index (χ0v) is 14.7. The molecule has 2 nitrogen and oxygen atoms in total. The van der Waals surface area contributed by atoms with Crippen molar-refractivity contribution < 1.29 is 0 Å². The Morgan fingerprint density at radius 2 is 2.00 bits per heavy atom. The van der Waals surface area contributed by atoms with Crippen LogP contribution in [0.5, 0.6) is 0 Å². The van der Waals surface area contributed by atoms with Crippen LogP contribution in [0.1, 0.15) is 23.8 Å². The molecule has 0 amide bonds. The topological polar surface area (TPSA) is 15.3 Å². The average Bonchev–Trinajstić information content (AvgIpc) is 2.84. The van der Waals surface area contributed by atoms with Gasteiger partial charge in [0.05, 0.1) is 21.6 Å². The standard InChI is InChI=1S/C16H20Cl2N2S/c1-3-9-19-10-12-5-4-6-14(17)16(12)20(2)11-13-7-8-15(18)21-13/h4-8,19H,3,9-11H2,1-2H3. The van der Waals surface area contributed by atoms with Gasteiger partial charge >= 0.3 is 0 Å². The van der Waals surface area contributed by atoms with Crippen LogP contribution >= 0.6 is 34.5 Å². The highest BCUT2D eigenvalue weighted by Crippen LogP contribution is 2.31. The lowest BCUT2D eigenvalue weighted by molar-refractivity contribution is 0.674. The Labute approximate surface area is 140 Å². The fourth-order valence-corrected chi connectivity index (χ4v) is 3.76. The van der Waals surface area contributed by atoms with Gasteiger partial charge in [-0.15, -0.1) is 11.3 Å². The van der Waals surface area contributed by atoms with Crippen LogP contribution in [0.4, 0.5) is 5.69 Å². The number of hydrogen-bond acceptors (Lipinski definition) is 3. The van der Waals surface area contributed by atoms with E-state index in [9.17, 15) is 0 Å². The van der Waals surface area contributed by atoms with Crippen molar-refractivity contribution in [3.05, 3.63) is 50.1 Å². The zero-order valence-electron chi connectivity index (χ0n) is 12.3. The minimum absolute atomic E-state index is 0.788. The molecule has 0 unspecified atom stereocenters. The van der Waals surface area contributed by atoms with Gasteiger partial charge in [-0.25, -0.2) is 0 Å². The van der Waals surface area contributed by atoms with Crippen molar-refractivity contribution in [1.29, 1.82) is 0 Å². The molecule has 0 fully saturated rings. The largest absolute Gasteiger partial charge is 0.368 e. The summed E-state index contributed by atoms with van der Waals surface area (Å²) in [6, 6.07) is 10.1. The van der Waals surface area contributed by atoms with E-state index in [0.29, 0.717) is 0 Å². The maximum Gasteiger partial charge on any atom is 0.0931 e. The fourth-order valence-electron chi connectivity index (χ4n) is 2.28. The third-order valence-corrected chi connectivity index (χ3v) is 4.74. The third kappa shape index (κ3) is 4.62. The van der Waals surface area contributed by atoms with E-state index in [-0.39, 0.29) is 0 Å². The fraction of sp³-hybridized carbons (Fsp3) is 0.375. The highest BCUT2D eigenvalue weighted by atomic mass is 35.5. The second-order valence-electron chi connectivity index (χ2n) is 4.99. The maximum absolute atomic E-state index is 6.42. The molecule has 0 saturated heterocycles. The number of anilines is 1. The predicted octanol–water partition coefficient (Wildman–Crippen LogP) is 5.19. The Bertz CT molecular complexity index is 583. The van der Waals surface area contributed by atoms with E-state index >= 15 is 0 Å².